The molecule has 3 nitrogen and oxygen atoms in total. The molecule has 0 fully saturated rings. The quantitative estimate of drug-likeness (QED) is 0.658. The van der Waals surface area contributed by atoms with Crippen molar-refractivity contribution in [1.82, 2.24) is 4.90 Å². The van der Waals surface area contributed by atoms with Crippen LogP contribution in [0, 0.1) is 0 Å². The second-order valence-corrected chi connectivity index (χ2v) is 2.30. The first kappa shape index (κ1) is 13.5. The molecule has 0 radical (unpaired) electrons. The van der Waals surface area contributed by atoms with Gasteiger partial charge in [0.05, 0.1) is 12.7 Å². The lowest BCUT2D eigenvalue weighted by Crippen LogP contribution is -2.30. The average molecular weight is 163 g/mol. The number of aliphatic hydroxyl groups is 1. The van der Waals surface area contributed by atoms with Gasteiger partial charge in [0.2, 0.25) is 0 Å². The van der Waals surface area contributed by atoms with Crippen molar-refractivity contribution in [2.45, 2.75) is 20.0 Å². The van der Waals surface area contributed by atoms with Gasteiger partial charge in [0.1, 0.15) is 0 Å². The van der Waals surface area contributed by atoms with E-state index in [0.717, 1.165) is 6.54 Å². The molecule has 0 aliphatic rings. The van der Waals surface area contributed by atoms with Crippen LogP contribution in [0.4, 0.5) is 0 Å². The Balaban J connectivity index is 0. The van der Waals surface area contributed by atoms with Crippen molar-refractivity contribution in [3.8, 4) is 0 Å². The number of likely N-dealkylation sites (N-methyl/N-ethyl adjacent to an activating group) is 1. The molecule has 11 heavy (non-hydrogen) atoms. The Kier molecular flexibility index (Phi) is 12.1. The van der Waals surface area contributed by atoms with E-state index in [2.05, 4.69) is 0 Å². The van der Waals surface area contributed by atoms with Crippen LogP contribution in [0.3, 0.4) is 0 Å². The fourth-order valence-corrected chi connectivity index (χ4v) is 0.614. The molecule has 0 aromatic carbocycles. The Labute approximate surface area is 70.0 Å². The average Bonchev–Trinajstić information content (AvgIpc) is 2.03. The first-order valence-electron chi connectivity index (χ1n) is 3.99. The summed E-state index contributed by atoms with van der Waals surface area (Å²) in [4.78, 5) is 1.98. The number of hydrogen-bond donors (Lipinski definition) is 1. The van der Waals surface area contributed by atoms with Crippen molar-refractivity contribution in [3.63, 3.8) is 0 Å². The summed E-state index contributed by atoms with van der Waals surface area (Å²) in [6, 6.07) is 0. The number of rotatable bonds is 4. The number of ether oxygens (including phenoxy) is 1. The van der Waals surface area contributed by atoms with Crippen molar-refractivity contribution in [2.75, 3.05) is 34.4 Å². The van der Waals surface area contributed by atoms with Gasteiger partial charge < -0.3 is 14.7 Å². The highest BCUT2D eigenvalue weighted by molar-refractivity contribution is 4.57. The van der Waals surface area contributed by atoms with Crippen molar-refractivity contribution in [2.24, 2.45) is 0 Å². The minimum atomic E-state index is -0.0417. The lowest BCUT2D eigenvalue weighted by molar-refractivity contribution is 0.0318. The maximum atomic E-state index is 8.62. The minimum Gasteiger partial charge on any atom is -0.394 e. The molecule has 70 valence electrons. The van der Waals surface area contributed by atoms with Gasteiger partial charge in [-0.15, -0.1) is 0 Å². The van der Waals surface area contributed by atoms with Gasteiger partial charge in [0, 0.05) is 13.7 Å². The van der Waals surface area contributed by atoms with Crippen LogP contribution in [-0.4, -0.2) is 50.5 Å². The summed E-state index contributed by atoms with van der Waals surface area (Å²) < 4.78 is 4.92. The maximum Gasteiger partial charge on any atom is 0.0928 e. The SMILES string of the molecule is CC.COC(CO)CN(C)C. The Bertz CT molecular complexity index is 63.1. The largest absolute Gasteiger partial charge is 0.394 e. The van der Waals surface area contributed by atoms with Gasteiger partial charge in [0.15, 0.2) is 0 Å². The predicted molar refractivity (Wildman–Crippen MR) is 47.8 cm³/mol. The molecule has 0 saturated heterocycles. The molecule has 0 aliphatic heterocycles. The first-order chi connectivity index (χ1) is 5.20. The molecule has 1 unspecified atom stereocenters. The molecule has 0 rings (SSSR count). The normalized spacial score (nSPS) is 12.3. The summed E-state index contributed by atoms with van der Waals surface area (Å²) in [7, 11) is 5.49. The molecule has 0 spiro atoms. The highest BCUT2D eigenvalue weighted by Gasteiger charge is 2.04. The lowest BCUT2D eigenvalue weighted by atomic mass is 10.3. The van der Waals surface area contributed by atoms with E-state index < -0.39 is 0 Å². The second-order valence-electron chi connectivity index (χ2n) is 2.30. The molecule has 0 heterocycles. The fourth-order valence-electron chi connectivity index (χ4n) is 0.614. The van der Waals surface area contributed by atoms with Crippen LogP contribution in [0.25, 0.3) is 0 Å². The molecule has 1 atom stereocenters. The monoisotopic (exact) mass is 163 g/mol. The molecular formula is C8H21NO2. The molecule has 0 aromatic heterocycles. The second kappa shape index (κ2) is 9.88. The zero-order chi connectivity index (χ0) is 9.28. The summed E-state index contributed by atoms with van der Waals surface area (Å²) in [5.41, 5.74) is 0. The maximum absolute atomic E-state index is 8.62. The molecule has 0 saturated carbocycles. The fraction of sp³-hybridized carbons (Fsp3) is 1.00. The topological polar surface area (TPSA) is 32.7 Å². The minimum absolute atomic E-state index is 0.0417. The summed E-state index contributed by atoms with van der Waals surface area (Å²) in [6.45, 7) is 4.86. The van der Waals surface area contributed by atoms with E-state index in [4.69, 9.17) is 9.84 Å². The van der Waals surface area contributed by atoms with E-state index in [-0.39, 0.29) is 12.7 Å². The van der Waals surface area contributed by atoms with Crippen molar-refractivity contribution in [1.29, 1.82) is 0 Å². The van der Waals surface area contributed by atoms with Gasteiger partial charge in [-0.2, -0.15) is 0 Å². The Hall–Kier alpha value is -0.120. The van der Waals surface area contributed by atoms with Crippen molar-refractivity contribution < 1.29 is 9.84 Å². The van der Waals surface area contributed by atoms with E-state index in [1.807, 2.05) is 32.8 Å². The predicted octanol–water partition coefficient (Wildman–Crippen LogP) is 0.581. The number of nitrogens with zero attached hydrogens (tertiary/aromatic N) is 1. The van der Waals surface area contributed by atoms with E-state index >= 15 is 0 Å². The van der Waals surface area contributed by atoms with Crippen LogP contribution < -0.4 is 0 Å². The van der Waals surface area contributed by atoms with Crippen molar-refractivity contribution >= 4 is 0 Å². The van der Waals surface area contributed by atoms with Crippen LogP contribution >= 0.6 is 0 Å². The Morgan fingerprint density at radius 1 is 1.36 bits per heavy atom. The summed E-state index contributed by atoms with van der Waals surface area (Å²) >= 11 is 0. The standard InChI is InChI=1S/C6H15NO2.C2H6/c1-7(2)4-6(5-8)9-3;1-2/h6,8H,4-5H2,1-3H3;1-2H3. The Morgan fingerprint density at radius 3 is 1.91 bits per heavy atom. The van der Waals surface area contributed by atoms with Crippen LogP contribution in [-0.2, 0) is 4.74 Å². The third-order valence-electron chi connectivity index (χ3n) is 1.11. The van der Waals surface area contributed by atoms with Crippen LogP contribution in [0.5, 0.6) is 0 Å². The molecule has 0 aliphatic carbocycles. The number of methoxy groups -OCH3 is 1. The lowest BCUT2D eigenvalue weighted by Gasteiger charge is -2.16. The van der Waals surface area contributed by atoms with Crippen LogP contribution in [0.15, 0.2) is 0 Å². The van der Waals surface area contributed by atoms with Crippen molar-refractivity contribution in [3.05, 3.63) is 0 Å². The summed E-state index contributed by atoms with van der Waals surface area (Å²) in [5, 5.41) is 8.62. The zero-order valence-electron chi connectivity index (χ0n) is 8.29. The van der Waals surface area contributed by atoms with E-state index in [1.54, 1.807) is 7.11 Å². The van der Waals surface area contributed by atoms with Crippen LogP contribution in [0.2, 0.25) is 0 Å². The smallest absolute Gasteiger partial charge is 0.0928 e. The number of aliphatic hydroxyl groups excluding tert-OH is 1. The van der Waals surface area contributed by atoms with Gasteiger partial charge in [-0.05, 0) is 14.1 Å². The summed E-state index contributed by atoms with van der Waals surface area (Å²) in [6.07, 6.45) is -0.0417. The molecule has 3 heteroatoms. The van der Waals surface area contributed by atoms with Gasteiger partial charge in [-0.1, -0.05) is 13.8 Å². The van der Waals surface area contributed by atoms with E-state index in [9.17, 15) is 0 Å². The first-order valence-corrected chi connectivity index (χ1v) is 3.99. The highest BCUT2D eigenvalue weighted by Crippen LogP contribution is 1.88. The highest BCUT2D eigenvalue weighted by atomic mass is 16.5. The molecular weight excluding hydrogens is 142 g/mol. The third kappa shape index (κ3) is 9.88. The van der Waals surface area contributed by atoms with E-state index in [1.165, 1.54) is 0 Å². The van der Waals surface area contributed by atoms with Gasteiger partial charge in [0.25, 0.3) is 0 Å². The van der Waals surface area contributed by atoms with Gasteiger partial charge >= 0.3 is 0 Å². The van der Waals surface area contributed by atoms with Gasteiger partial charge in [-0.25, -0.2) is 0 Å². The molecule has 0 amide bonds. The zero-order valence-corrected chi connectivity index (χ0v) is 8.29. The Morgan fingerprint density at radius 2 is 1.82 bits per heavy atom. The third-order valence-corrected chi connectivity index (χ3v) is 1.11. The molecule has 0 bridgehead atoms. The summed E-state index contributed by atoms with van der Waals surface area (Å²) in [5.74, 6) is 0. The number of hydrogen-bond acceptors (Lipinski definition) is 3. The van der Waals surface area contributed by atoms with Crippen LogP contribution in [0.1, 0.15) is 13.8 Å². The molecule has 0 aromatic rings. The van der Waals surface area contributed by atoms with E-state index in [0.29, 0.717) is 0 Å². The molecule has 1 N–H and O–H groups in total. The van der Waals surface area contributed by atoms with Gasteiger partial charge in [-0.3, -0.25) is 0 Å².